The Morgan fingerprint density at radius 2 is 2.29 bits per heavy atom. The van der Waals surface area contributed by atoms with Gasteiger partial charge in [0.15, 0.2) is 10.8 Å². The van der Waals surface area contributed by atoms with Crippen molar-refractivity contribution in [2.45, 2.75) is 12.1 Å². The fraction of sp³-hybridized carbons (Fsp3) is 0.304. The number of carbonyl (C=O) groups excluding carboxylic acids is 1. The summed E-state index contributed by atoms with van der Waals surface area (Å²) >= 11 is 7.66. The third kappa shape index (κ3) is 5.76. The van der Waals surface area contributed by atoms with Crippen LogP contribution in [0.5, 0.6) is 0 Å². The van der Waals surface area contributed by atoms with Crippen LogP contribution in [0.1, 0.15) is 16.6 Å². The molecular formula is C23H22ClFN4O5S. The monoisotopic (exact) mass is 520 g/mol. The van der Waals surface area contributed by atoms with Crippen molar-refractivity contribution in [1.82, 2.24) is 15.2 Å². The van der Waals surface area contributed by atoms with E-state index in [-0.39, 0.29) is 17.1 Å². The molecule has 2 N–H and O–H groups in total. The first kappa shape index (κ1) is 25.0. The zero-order valence-electron chi connectivity index (χ0n) is 18.6. The summed E-state index contributed by atoms with van der Waals surface area (Å²) in [6.07, 6.45) is 3.73. The molecule has 2 aliphatic heterocycles. The average molecular weight is 521 g/mol. The van der Waals surface area contributed by atoms with Gasteiger partial charge in [0, 0.05) is 48.5 Å². The smallest absolute Gasteiger partial charge is 0.338 e. The highest BCUT2D eigenvalue weighted by Gasteiger charge is 2.35. The van der Waals surface area contributed by atoms with Crippen LogP contribution in [0.15, 0.2) is 58.2 Å². The van der Waals surface area contributed by atoms with Gasteiger partial charge in [0.25, 0.3) is 0 Å². The van der Waals surface area contributed by atoms with Crippen LogP contribution in [-0.4, -0.2) is 72.2 Å². The van der Waals surface area contributed by atoms with Crippen molar-refractivity contribution in [1.29, 1.82) is 0 Å². The standard InChI is InChI=1S/C23H22ClFN4O5S/c1-33-23(32)18-16(12-29-8-9-34-13(11-29)5-6-17(30)31)27-21(22-26-7-10-35-22)28-20(18)14-3-2-4-15(25)19(14)24/h2-7,10,13,20H,8-9,11-12H2,1H3,(H,27,28)(H,30,31)/b6-5+. The third-order valence-corrected chi connectivity index (χ3v) is 6.63. The normalized spacial score (nSPS) is 21.1. The molecule has 1 aromatic heterocycles. The van der Waals surface area contributed by atoms with Crippen LogP contribution >= 0.6 is 22.9 Å². The van der Waals surface area contributed by atoms with Gasteiger partial charge in [-0.25, -0.2) is 19.0 Å². The molecule has 1 saturated heterocycles. The van der Waals surface area contributed by atoms with Gasteiger partial charge in [-0.3, -0.25) is 9.89 Å². The number of carbonyl (C=O) groups is 2. The van der Waals surface area contributed by atoms with Gasteiger partial charge in [0.1, 0.15) is 11.9 Å². The molecule has 1 aromatic carbocycles. The lowest BCUT2D eigenvalue weighted by Crippen LogP contribution is -2.46. The van der Waals surface area contributed by atoms with Crippen molar-refractivity contribution in [2.75, 3.05) is 33.4 Å². The number of nitrogens with zero attached hydrogens (tertiary/aromatic N) is 3. The molecule has 2 aromatic rings. The maximum atomic E-state index is 14.3. The van der Waals surface area contributed by atoms with Crippen molar-refractivity contribution in [3.8, 4) is 0 Å². The molecule has 184 valence electrons. The van der Waals surface area contributed by atoms with Gasteiger partial charge < -0.3 is 19.9 Å². The van der Waals surface area contributed by atoms with Gasteiger partial charge in [-0.15, -0.1) is 11.3 Å². The second-order valence-electron chi connectivity index (χ2n) is 7.71. The van der Waals surface area contributed by atoms with E-state index in [9.17, 15) is 14.0 Å². The van der Waals surface area contributed by atoms with Crippen molar-refractivity contribution >= 4 is 40.7 Å². The largest absolute Gasteiger partial charge is 0.478 e. The molecule has 2 unspecified atom stereocenters. The van der Waals surface area contributed by atoms with Crippen LogP contribution in [0.3, 0.4) is 0 Å². The van der Waals surface area contributed by atoms with Crippen LogP contribution in [0, 0.1) is 5.82 Å². The Morgan fingerprint density at radius 1 is 1.46 bits per heavy atom. The number of hydrogen-bond acceptors (Lipinski definition) is 9. The number of aromatic nitrogens is 1. The molecule has 0 aliphatic carbocycles. The molecule has 2 aliphatic rings. The fourth-order valence-electron chi connectivity index (χ4n) is 3.88. The lowest BCUT2D eigenvalue weighted by molar-refractivity contribution is -0.136. The van der Waals surface area contributed by atoms with E-state index < -0.39 is 29.9 Å². The number of aliphatic imine (C=N–C) groups is 1. The van der Waals surface area contributed by atoms with Crippen molar-refractivity contribution in [3.05, 3.63) is 74.6 Å². The van der Waals surface area contributed by atoms with Crippen molar-refractivity contribution in [2.24, 2.45) is 4.99 Å². The fourth-order valence-corrected chi connectivity index (χ4v) is 4.70. The van der Waals surface area contributed by atoms with E-state index in [1.54, 1.807) is 17.6 Å². The highest BCUT2D eigenvalue weighted by Crippen LogP contribution is 2.37. The zero-order chi connectivity index (χ0) is 24.9. The summed E-state index contributed by atoms with van der Waals surface area (Å²) in [5, 5.41) is 14.4. The number of esters is 1. The van der Waals surface area contributed by atoms with Gasteiger partial charge in [-0.05, 0) is 12.1 Å². The molecule has 35 heavy (non-hydrogen) atoms. The summed E-state index contributed by atoms with van der Waals surface area (Å²) in [6, 6.07) is 3.43. The summed E-state index contributed by atoms with van der Waals surface area (Å²) in [6.45, 7) is 1.60. The van der Waals surface area contributed by atoms with Gasteiger partial charge in [-0.1, -0.05) is 23.7 Å². The minimum atomic E-state index is -1.06. The number of halogens is 2. The van der Waals surface area contributed by atoms with Crippen LogP contribution in [0.2, 0.25) is 5.02 Å². The summed E-state index contributed by atoms with van der Waals surface area (Å²) in [5.74, 6) is -1.89. The lowest BCUT2D eigenvalue weighted by Gasteiger charge is -2.34. The molecule has 2 atom stereocenters. The number of methoxy groups -OCH3 is 1. The van der Waals surface area contributed by atoms with E-state index in [1.807, 2.05) is 4.90 Å². The SMILES string of the molecule is COC(=O)C1=C(CN2CCOC(/C=C/C(=O)O)C2)NC(c2nccs2)=NC1c1cccc(F)c1Cl. The predicted octanol–water partition coefficient (Wildman–Crippen LogP) is 2.80. The van der Waals surface area contributed by atoms with E-state index >= 15 is 0 Å². The maximum Gasteiger partial charge on any atom is 0.338 e. The molecule has 9 nitrogen and oxygen atoms in total. The number of benzene rings is 1. The Morgan fingerprint density at radius 3 is 3.00 bits per heavy atom. The molecule has 0 amide bonds. The number of nitrogens with one attached hydrogen (secondary N) is 1. The first-order chi connectivity index (χ1) is 16.9. The Labute approximate surface area is 209 Å². The summed E-state index contributed by atoms with van der Waals surface area (Å²) in [5.41, 5.74) is 1.03. The van der Waals surface area contributed by atoms with E-state index in [4.69, 9.17) is 26.2 Å². The summed E-state index contributed by atoms with van der Waals surface area (Å²) in [4.78, 5) is 34.9. The van der Waals surface area contributed by atoms with Crippen LogP contribution in [0.25, 0.3) is 0 Å². The average Bonchev–Trinajstić information content (AvgIpc) is 3.39. The number of thiazole rings is 1. The molecule has 1 fully saturated rings. The van der Waals surface area contributed by atoms with Gasteiger partial charge in [-0.2, -0.15) is 0 Å². The number of aliphatic carboxylic acids is 1. The molecular weight excluding hydrogens is 499 g/mol. The summed E-state index contributed by atoms with van der Waals surface area (Å²) < 4.78 is 25.0. The number of ether oxygens (including phenoxy) is 2. The minimum Gasteiger partial charge on any atom is -0.478 e. The first-order valence-corrected chi connectivity index (χ1v) is 11.9. The third-order valence-electron chi connectivity index (χ3n) is 5.46. The number of carboxylic acid groups (broad SMARTS) is 1. The Balaban J connectivity index is 1.74. The molecule has 0 spiro atoms. The van der Waals surface area contributed by atoms with Crippen LogP contribution in [-0.2, 0) is 19.1 Å². The summed E-state index contributed by atoms with van der Waals surface area (Å²) in [7, 11) is 1.26. The Bertz CT molecular complexity index is 1200. The quantitative estimate of drug-likeness (QED) is 0.423. The number of amidine groups is 1. The van der Waals surface area contributed by atoms with Crippen LogP contribution < -0.4 is 5.32 Å². The van der Waals surface area contributed by atoms with Gasteiger partial charge in [0.05, 0.1) is 30.4 Å². The molecule has 0 saturated carbocycles. The topological polar surface area (TPSA) is 113 Å². The first-order valence-electron chi connectivity index (χ1n) is 10.6. The van der Waals surface area contributed by atoms with Crippen LogP contribution in [0.4, 0.5) is 4.39 Å². The Kier molecular flexibility index (Phi) is 7.91. The molecule has 0 bridgehead atoms. The van der Waals surface area contributed by atoms with E-state index in [0.717, 1.165) is 6.08 Å². The Hall–Kier alpha value is -3.12. The molecule has 4 rings (SSSR count). The maximum absolute atomic E-state index is 14.3. The predicted molar refractivity (Wildman–Crippen MR) is 128 cm³/mol. The second-order valence-corrected chi connectivity index (χ2v) is 8.98. The van der Waals surface area contributed by atoms with Gasteiger partial charge >= 0.3 is 11.9 Å². The van der Waals surface area contributed by atoms with Crippen molar-refractivity contribution < 1.29 is 28.6 Å². The second kappa shape index (κ2) is 11.1. The van der Waals surface area contributed by atoms with E-state index in [1.165, 1.54) is 36.7 Å². The highest BCUT2D eigenvalue weighted by molar-refractivity contribution is 7.11. The van der Waals surface area contributed by atoms with E-state index in [0.29, 0.717) is 41.8 Å². The molecule has 0 radical (unpaired) electrons. The van der Waals surface area contributed by atoms with Gasteiger partial charge in [0.2, 0.25) is 0 Å². The van der Waals surface area contributed by atoms with E-state index in [2.05, 4.69) is 15.3 Å². The number of rotatable bonds is 7. The highest BCUT2D eigenvalue weighted by atomic mass is 35.5. The number of hydrogen-bond donors (Lipinski definition) is 2. The number of carboxylic acids is 1. The molecule has 12 heteroatoms. The minimum absolute atomic E-state index is 0.132. The lowest BCUT2D eigenvalue weighted by atomic mass is 9.95. The number of morpholine rings is 1. The molecule has 3 heterocycles. The zero-order valence-corrected chi connectivity index (χ0v) is 20.2. The van der Waals surface area contributed by atoms with Crippen molar-refractivity contribution in [3.63, 3.8) is 0 Å².